The van der Waals surface area contributed by atoms with Crippen molar-refractivity contribution < 1.29 is 27.9 Å². The number of hydrogen-bond donors (Lipinski definition) is 1. The van der Waals surface area contributed by atoms with Crippen molar-refractivity contribution in [3.8, 4) is 0 Å². The van der Waals surface area contributed by atoms with E-state index in [-0.39, 0.29) is 5.54 Å². The van der Waals surface area contributed by atoms with Crippen LogP contribution in [-0.4, -0.2) is 63.1 Å². The van der Waals surface area contributed by atoms with E-state index >= 15 is 0 Å². The highest BCUT2D eigenvalue weighted by molar-refractivity contribution is 5.79. The highest BCUT2D eigenvalue weighted by Crippen LogP contribution is 2.42. The van der Waals surface area contributed by atoms with Crippen molar-refractivity contribution in [2.45, 2.75) is 63.3 Å². The van der Waals surface area contributed by atoms with E-state index in [0.29, 0.717) is 18.4 Å². The molecule has 1 N–H and O–H groups in total. The molecule has 0 bridgehead atoms. The normalized spacial score (nSPS) is 25.5. The van der Waals surface area contributed by atoms with Crippen LogP contribution in [0.25, 0.3) is 0 Å². The number of likely N-dealkylation sites (N-methyl/N-ethyl adjacent to an activating group) is 1. The van der Waals surface area contributed by atoms with Gasteiger partial charge in [0.2, 0.25) is 5.91 Å². The zero-order chi connectivity index (χ0) is 20.9. The second kappa shape index (κ2) is 8.89. The molecule has 9 heteroatoms. The fraction of sp³-hybridized carbons (Fsp3) is 0.632. The summed E-state index contributed by atoms with van der Waals surface area (Å²) in [6.07, 6.45) is 3.85. The van der Waals surface area contributed by atoms with Gasteiger partial charge in [-0.15, -0.1) is 0 Å². The topological polar surface area (TPSA) is 73.7 Å². The first kappa shape index (κ1) is 22.1. The highest BCUT2D eigenvalue weighted by atomic mass is 19.4. The van der Waals surface area contributed by atoms with Crippen LogP contribution in [0.3, 0.4) is 0 Å². The number of aliphatic carboxylic acids is 1. The van der Waals surface area contributed by atoms with Gasteiger partial charge in [0.15, 0.2) is 0 Å². The third-order valence-electron chi connectivity index (χ3n) is 5.67. The number of carboxylic acids is 1. The maximum atomic E-state index is 12.1. The summed E-state index contributed by atoms with van der Waals surface area (Å²) in [4.78, 5) is 29.8. The Hall–Kier alpha value is -2.16. The zero-order valence-corrected chi connectivity index (χ0v) is 16.1. The number of aromatic nitrogens is 1. The minimum Gasteiger partial charge on any atom is -0.475 e. The van der Waals surface area contributed by atoms with Gasteiger partial charge in [0.05, 0.1) is 5.54 Å². The molecule has 0 saturated carbocycles. The third kappa shape index (κ3) is 4.81. The number of hydrogen-bond acceptors (Lipinski definition) is 4. The Kier molecular flexibility index (Phi) is 7.03. The molecule has 1 amide bonds. The van der Waals surface area contributed by atoms with E-state index in [1.54, 1.807) is 0 Å². The van der Waals surface area contributed by atoms with E-state index < -0.39 is 12.1 Å². The van der Waals surface area contributed by atoms with E-state index in [2.05, 4.69) is 27.8 Å². The minimum absolute atomic E-state index is 0.0618. The smallest absolute Gasteiger partial charge is 0.475 e. The molecule has 2 atom stereocenters. The molecule has 6 nitrogen and oxygen atoms in total. The van der Waals surface area contributed by atoms with E-state index in [1.807, 2.05) is 25.5 Å². The summed E-state index contributed by atoms with van der Waals surface area (Å²) >= 11 is 0. The molecule has 0 aliphatic carbocycles. The number of carbonyl (C=O) groups is 2. The van der Waals surface area contributed by atoms with Crippen LogP contribution in [0.2, 0.25) is 0 Å². The number of halogens is 3. The summed E-state index contributed by atoms with van der Waals surface area (Å²) in [6, 6.07) is 4.61. The Bertz CT molecular complexity index is 684. The van der Waals surface area contributed by atoms with E-state index in [9.17, 15) is 18.0 Å². The summed E-state index contributed by atoms with van der Waals surface area (Å²) < 4.78 is 31.7. The van der Waals surface area contributed by atoms with Crippen molar-refractivity contribution in [1.29, 1.82) is 0 Å². The van der Waals surface area contributed by atoms with Gasteiger partial charge in [-0.2, -0.15) is 13.2 Å². The molecule has 1 spiro atoms. The molecule has 2 fully saturated rings. The van der Waals surface area contributed by atoms with Crippen LogP contribution in [0.4, 0.5) is 13.2 Å². The zero-order valence-electron chi connectivity index (χ0n) is 16.1. The molecular formula is C19H26F3N3O3. The van der Waals surface area contributed by atoms with Crippen molar-refractivity contribution in [2.75, 3.05) is 13.6 Å². The number of rotatable bonds is 3. The molecule has 0 unspecified atom stereocenters. The average molecular weight is 401 g/mol. The lowest BCUT2D eigenvalue weighted by Crippen LogP contribution is -2.61. The van der Waals surface area contributed by atoms with Crippen molar-refractivity contribution in [1.82, 2.24) is 14.8 Å². The second-order valence-electron chi connectivity index (χ2n) is 7.22. The predicted octanol–water partition coefficient (Wildman–Crippen LogP) is 3.08. The average Bonchev–Trinajstić information content (AvgIpc) is 2.92. The van der Waals surface area contributed by atoms with Crippen LogP contribution < -0.4 is 0 Å². The number of nitrogens with zero attached hydrogens (tertiary/aromatic N) is 3. The minimum atomic E-state index is -5.08. The van der Waals surface area contributed by atoms with Crippen LogP contribution in [0.15, 0.2) is 24.5 Å². The van der Waals surface area contributed by atoms with Gasteiger partial charge in [-0.3, -0.25) is 14.7 Å². The first-order valence-corrected chi connectivity index (χ1v) is 9.31. The van der Waals surface area contributed by atoms with Crippen LogP contribution in [0.1, 0.15) is 44.6 Å². The standard InChI is InChI=1S/C17H25N3O.C2HF3O2/c1-3-15-17(9-7-16(21)19(17)2)8-5-11-20(15)13-14-6-4-10-18-12-14;3-2(4,5)1(6)7/h4,6,10,12,15H,3,5,7-9,11,13H2,1-2H3;(H,6,7)/t15-,17-;/m0./s1. The van der Waals surface area contributed by atoms with Gasteiger partial charge >= 0.3 is 12.1 Å². The predicted molar refractivity (Wildman–Crippen MR) is 96.4 cm³/mol. The Morgan fingerprint density at radius 2 is 2.07 bits per heavy atom. The maximum Gasteiger partial charge on any atom is 0.490 e. The van der Waals surface area contributed by atoms with Crippen LogP contribution in [0, 0.1) is 0 Å². The molecule has 0 radical (unpaired) electrons. The van der Waals surface area contributed by atoms with Crippen LogP contribution >= 0.6 is 0 Å². The van der Waals surface area contributed by atoms with E-state index in [4.69, 9.17) is 9.90 Å². The Morgan fingerprint density at radius 1 is 1.39 bits per heavy atom. The number of amides is 1. The van der Waals surface area contributed by atoms with E-state index in [1.165, 1.54) is 12.0 Å². The molecule has 1 aromatic heterocycles. The summed E-state index contributed by atoms with van der Waals surface area (Å²) in [7, 11) is 2.01. The van der Waals surface area contributed by atoms with Crippen molar-refractivity contribution in [3.05, 3.63) is 30.1 Å². The first-order chi connectivity index (χ1) is 13.1. The molecule has 156 valence electrons. The molecule has 1 aromatic rings. The third-order valence-corrected chi connectivity index (χ3v) is 5.67. The Morgan fingerprint density at radius 3 is 2.54 bits per heavy atom. The van der Waals surface area contributed by atoms with E-state index in [0.717, 1.165) is 32.4 Å². The quantitative estimate of drug-likeness (QED) is 0.843. The largest absolute Gasteiger partial charge is 0.490 e. The molecule has 0 aromatic carbocycles. The summed E-state index contributed by atoms with van der Waals surface area (Å²) in [6.45, 7) is 4.32. The molecule has 2 aliphatic heterocycles. The molecule has 2 saturated heterocycles. The van der Waals surface area contributed by atoms with Gasteiger partial charge in [-0.1, -0.05) is 13.0 Å². The number of carbonyl (C=O) groups excluding carboxylic acids is 1. The molecule has 28 heavy (non-hydrogen) atoms. The van der Waals surface area contributed by atoms with Crippen molar-refractivity contribution >= 4 is 11.9 Å². The Balaban J connectivity index is 0.000000345. The van der Waals surface area contributed by atoms with Gasteiger partial charge in [0, 0.05) is 38.4 Å². The number of carboxylic acid groups (broad SMARTS) is 1. The SMILES string of the molecule is CC[C@@H]1N(Cc2cccnc2)CCC[C@]12CCC(=O)N2C.O=C(O)C(F)(F)F. The number of piperidine rings is 1. The monoisotopic (exact) mass is 401 g/mol. The number of likely N-dealkylation sites (tertiary alicyclic amines) is 2. The van der Waals surface area contributed by atoms with Gasteiger partial charge in [0.25, 0.3) is 0 Å². The van der Waals surface area contributed by atoms with Crippen molar-refractivity contribution in [3.63, 3.8) is 0 Å². The fourth-order valence-corrected chi connectivity index (χ4v) is 4.39. The fourth-order valence-electron chi connectivity index (χ4n) is 4.39. The van der Waals surface area contributed by atoms with Crippen LogP contribution in [0.5, 0.6) is 0 Å². The van der Waals surface area contributed by atoms with Gasteiger partial charge in [-0.25, -0.2) is 4.79 Å². The molecule has 3 rings (SSSR count). The summed E-state index contributed by atoms with van der Waals surface area (Å²) in [5, 5.41) is 7.12. The van der Waals surface area contributed by atoms with Crippen molar-refractivity contribution in [2.24, 2.45) is 0 Å². The first-order valence-electron chi connectivity index (χ1n) is 9.31. The van der Waals surface area contributed by atoms with Gasteiger partial charge in [-0.05, 0) is 43.9 Å². The lowest BCUT2D eigenvalue weighted by atomic mass is 9.77. The lowest BCUT2D eigenvalue weighted by molar-refractivity contribution is -0.192. The summed E-state index contributed by atoms with van der Waals surface area (Å²) in [5.41, 5.74) is 1.33. The Labute approximate surface area is 162 Å². The maximum absolute atomic E-state index is 12.1. The lowest BCUT2D eigenvalue weighted by Gasteiger charge is -2.51. The number of alkyl halides is 3. The molecule has 2 aliphatic rings. The van der Waals surface area contributed by atoms with Gasteiger partial charge < -0.3 is 10.0 Å². The number of pyridine rings is 1. The molecular weight excluding hydrogens is 375 g/mol. The summed E-state index contributed by atoms with van der Waals surface area (Å²) in [5.74, 6) is -2.44. The van der Waals surface area contributed by atoms with Crippen LogP contribution in [-0.2, 0) is 16.1 Å². The second-order valence-corrected chi connectivity index (χ2v) is 7.22. The van der Waals surface area contributed by atoms with Gasteiger partial charge in [0.1, 0.15) is 0 Å². The molecule has 3 heterocycles. The highest BCUT2D eigenvalue weighted by Gasteiger charge is 2.51.